The number of aromatic nitrogens is 2. The second-order valence-electron chi connectivity index (χ2n) is 7.22. The molecule has 2 rings (SSSR count). The lowest BCUT2D eigenvalue weighted by atomic mass is 9.87. The maximum Gasteiger partial charge on any atom is 0.321 e. The molecule has 0 spiro atoms. The van der Waals surface area contributed by atoms with Gasteiger partial charge in [-0.15, -0.1) is 10.2 Å². The zero-order valence-electron chi connectivity index (χ0n) is 16.5. The molecule has 0 saturated carbocycles. The summed E-state index contributed by atoms with van der Waals surface area (Å²) in [5, 5.41) is 14.0. The molecule has 154 valence electrons. The van der Waals surface area contributed by atoms with Crippen LogP contribution in [0.3, 0.4) is 0 Å². The van der Waals surface area contributed by atoms with Crippen LogP contribution in [0.4, 0.5) is 9.93 Å². The third-order valence-corrected chi connectivity index (χ3v) is 6.57. The van der Waals surface area contributed by atoms with Crippen molar-refractivity contribution in [3.05, 3.63) is 34.8 Å². The van der Waals surface area contributed by atoms with E-state index in [0.717, 1.165) is 10.6 Å². The Labute approximate surface area is 169 Å². The van der Waals surface area contributed by atoms with E-state index < -0.39 is 15.9 Å². The highest BCUT2D eigenvalue weighted by molar-refractivity contribution is 7.91. The highest BCUT2D eigenvalue weighted by Crippen LogP contribution is 2.23. The molecule has 0 fully saturated rings. The number of nitrogens with zero attached hydrogens (tertiary/aromatic N) is 2. The van der Waals surface area contributed by atoms with Crippen LogP contribution in [-0.2, 0) is 26.4 Å². The number of rotatable bonds is 8. The maximum atomic E-state index is 12.4. The smallest absolute Gasteiger partial charge is 0.321 e. The first kappa shape index (κ1) is 22.3. The van der Waals surface area contributed by atoms with E-state index in [9.17, 15) is 13.2 Å². The lowest BCUT2D eigenvalue weighted by Gasteiger charge is -2.19. The number of urea groups is 1. The molecule has 0 radical (unpaired) electrons. The van der Waals surface area contributed by atoms with E-state index in [1.165, 1.54) is 11.3 Å². The summed E-state index contributed by atoms with van der Waals surface area (Å²) in [7, 11) is -1.88. The molecule has 1 aromatic carbocycles. The molecule has 28 heavy (non-hydrogen) atoms. The topological polar surface area (TPSA) is 110 Å². The first-order valence-corrected chi connectivity index (χ1v) is 11.3. The van der Waals surface area contributed by atoms with Crippen LogP contribution in [-0.4, -0.2) is 50.7 Å². The second-order valence-corrected chi connectivity index (χ2v) is 10.4. The molecule has 2 N–H and O–H groups in total. The van der Waals surface area contributed by atoms with E-state index >= 15 is 0 Å². The third kappa shape index (κ3) is 6.54. The van der Waals surface area contributed by atoms with Gasteiger partial charge in [0, 0.05) is 20.1 Å². The Hall–Kier alpha value is -2.04. The molecule has 0 atom stereocenters. The minimum Gasteiger partial charge on any atom is -0.384 e. The molecule has 0 bridgehead atoms. The van der Waals surface area contributed by atoms with Gasteiger partial charge in [0.15, 0.2) is 9.84 Å². The van der Waals surface area contributed by atoms with Crippen molar-refractivity contribution >= 4 is 32.3 Å². The number of amides is 2. The highest BCUT2D eigenvalue weighted by Gasteiger charge is 2.18. The first-order valence-electron chi connectivity index (χ1n) is 8.81. The lowest BCUT2D eigenvalue weighted by molar-refractivity contribution is 0.202. The number of anilines is 1. The Morgan fingerprint density at radius 3 is 2.46 bits per heavy atom. The number of hydrogen-bond donors (Lipinski definition) is 2. The Morgan fingerprint density at radius 1 is 1.18 bits per heavy atom. The molecule has 10 heteroatoms. The van der Waals surface area contributed by atoms with Crippen LogP contribution in [0.1, 0.15) is 31.3 Å². The van der Waals surface area contributed by atoms with Crippen molar-refractivity contribution < 1.29 is 17.9 Å². The van der Waals surface area contributed by atoms with Gasteiger partial charge in [0.25, 0.3) is 0 Å². The van der Waals surface area contributed by atoms with Gasteiger partial charge in [0.1, 0.15) is 5.01 Å². The summed E-state index contributed by atoms with van der Waals surface area (Å²) in [6, 6.07) is 6.35. The van der Waals surface area contributed by atoms with Gasteiger partial charge in [-0.1, -0.05) is 44.2 Å². The summed E-state index contributed by atoms with van der Waals surface area (Å²) in [5.74, 6) is -0.190. The molecule has 0 aliphatic rings. The van der Waals surface area contributed by atoms with Crippen LogP contribution in [0.25, 0.3) is 0 Å². The van der Waals surface area contributed by atoms with Gasteiger partial charge in [-0.2, -0.15) is 0 Å². The summed E-state index contributed by atoms with van der Waals surface area (Å²) < 4.78 is 29.8. The van der Waals surface area contributed by atoms with Gasteiger partial charge in [0.05, 0.1) is 17.3 Å². The fourth-order valence-electron chi connectivity index (χ4n) is 2.31. The predicted octanol–water partition coefficient (Wildman–Crippen LogP) is 2.62. The van der Waals surface area contributed by atoms with Crippen molar-refractivity contribution in [2.75, 3.05) is 31.3 Å². The molecule has 0 unspecified atom stereocenters. The van der Waals surface area contributed by atoms with Crippen LogP contribution < -0.4 is 10.6 Å². The summed E-state index contributed by atoms with van der Waals surface area (Å²) in [5.41, 5.74) is 1.02. The van der Waals surface area contributed by atoms with E-state index in [1.54, 1.807) is 19.2 Å². The number of hydrogen-bond acceptors (Lipinski definition) is 7. The average molecular weight is 427 g/mol. The molecule has 8 nitrogen and oxygen atoms in total. The normalized spacial score (nSPS) is 12.0. The van der Waals surface area contributed by atoms with Crippen LogP contribution in [0.5, 0.6) is 0 Å². The lowest BCUT2D eigenvalue weighted by Crippen LogP contribution is -2.32. The predicted molar refractivity (Wildman–Crippen MR) is 110 cm³/mol. The summed E-state index contributed by atoms with van der Waals surface area (Å²) in [4.78, 5) is 12.2. The Bertz CT molecular complexity index is 887. The van der Waals surface area contributed by atoms with Crippen molar-refractivity contribution in [1.29, 1.82) is 0 Å². The number of nitrogens with one attached hydrogen (secondary N) is 2. The van der Waals surface area contributed by atoms with E-state index in [0.29, 0.717) is 18.2 Å². The molecule has 0 saturated heterocycles. The van der Waals surface area contributed by atoms with Gasteiger partial charge >= 0.3 is 6.03 Å². The molecule has 0 aliphatic heterocycles. The monoisotopic (exact) mass is 426 g/mol. The van der Waals surface area contributed by atoms with Gasteiger partial charge in [-0.25, -0.2) is 13.2 Å². The Kier molecular flexibility index (Phi) is 7.50. The third-order valence-electron chi connectivity index (χ3n) is 3.94. The quantitative estimate of drug-likeness (QED) is 0.671. The standard InChI is InChI=1S/C18H26N4O4S2/c1-18(2,3)13-5-7-14(8-6-13)28(24,25)12-10-19-16(23)20-17-22-21-15(27-17)9-11-26-4/h5-8H,9-12H2,1-4H3,(H2,19,20,22,23). The molecule has 1 heterocycles. The number of carbonyl (C=O) groups is 1. The Balaban J connectivity index is 1.84. The van der Waals surface area contributed by atoms with Gasteiger partial charge < -0.3 is 10.1 Å². The second kappa shape index (κ2) is 9.44. The number of carbonyl (C=O) groups excluding carboxylic acids is 1. The SMILES string of the molecule is COCCc1nnc(NC(=O)NCCS(=O)(=O)c2ccc(C(C)(C)C)cc2)s1. The van der Waals surface area contributed by atoms with E-state index in [2.05, 4.69) is 41.6 Å². The fourth-order valence-corrected chi connectivity index (χ4v) is 4.19. The van der Waals surface area contributed by atoms with E-state index in [1.807, 2.05) is 12.1 Å². The molecule has 2 amide bonds. The molecular formula is C18H26N4O4S2. The Morgan fingerprint density at radius 2 is 1.86 bits per heavy atom. The van der Waals surface area contributed by atoms with Crippen molar-refractivity contribution in [2.24, 2.45) is 0 Å². The van der Waals surface area contributed by atoms with Gasteiger partial charge in [0.2, 0.25) is 5.13 Å². The summed E-state index contributed by atoms with van der Waals surface area (Å²) >= 11 is 1.25. The van der Waals surface area contributed by atoms with Crippen LogP contribution in [0.15, 0.2) is 29.2 Å². The van der Waals surface area contributed by atoms with Crippen molar-refractivity contribution in [3.8, 4) is 0 Å². The van der Waals surface area contributed by atoms with Crippen molar-refractivity contribution in [2.45, 2.75) is 37.5 Å². The summed E-state index contributed by atoms with van der Waals surface area (Å²) in [6.07, 6.45) is 0.615. The van der Waals surface area contributed by atoms with E-state index in [-0.39, 0.29) is 22.6 Å². The number of benzene rings is 1. The first-order chi connectivity index (χ1) is 13.1. The zero-order valence-corrected chi connectivity index (χ0v) is 18.1. The molecule has 0 aliphatic carbocycles. The number of sulfone groups is 1. The molecule has 2 aromatic rings. The van der Waals surface area contributed by atoms with Crippen LogP contribution in [0.2, 0.25) is 0 Å². The van der Waals surface area contributed by atoms with Crippen molar-refractivity contribution in [3.63, 3.8) is 0 Å². The zero-order chi connectivity index (χ0) is 20.8. The molecular weight excluding hydrogens is 400 g/mol. The fraction of sp³-hybridized carbons (Fsp3) is 0.500. The molecule has 1 aromatic heterocycles. The maximum absolute atomic E-state index is 12.4. The van der Waals surface area contributed by atoms with Crippen LogP contribution in [0, 0.1) is 0 Å². The number of methoxy groups -OCH3 is 1. The number of ether oxygens (including phenoxy) is 1. The van der Waals surface area contributed by atoms with Crippen molar-refractivity contribution in [1.82, 2.24) is 15.5 Å². The average Bonchev–Trinajstić information content (AvgIpc) is 3.06. The minimum absolute atomic E-state index is 0.00940. The largest absolute Gasteiger partial charge is 0.384 e. The van der Waals surface area contributed by atoms with Gasteiger partial charge in [-0.3, -0.25) is 5.32 Å². The minimum atomic E-state index is -3.48. The summed E-state index contributed by atoms with van der Waals surface area (Å²) in [6.45, 7) is 6.71. The van der Waals surface area contributed by atoms with E-state index in [4.69, 9.17) is 4.74 Å². The van der Waals surface area contributed by atoms with Gasteiger partial charge in [-0.05, 0) is 23.1 Å². The van der Waals surface area contributed by atoms with Crippen LogP contribution >= 0.6 is 11.3 Å². The highest BCUT2D eigenvalue weighted by atomic mass is 32.2.